The third-order valence-electron chi connectivity index (χ3n) is 3.80. The fourth-order valence-electron chi connectivity index (χ4n) is 2.75. The summed E-state index contributed by atoms with van der Waals surface area (Å²) in [4.78, 5) is 4.25. The van der Waals surface area contributed by atoms with Gasteiger partial charge in [0.05, 0.1) is 11.1 Å². The van der Waals surface area contributed by atoms with Crippen molar-refractivity contribution in [2.45, 2.75) is 31.8 Å². The summed E-state index contributed by atoms with van der Waals surface area (Å²) in [6.07, 6.45) is 5.43. The van der Waals surface area contributed by atoms with Gasteiger partial charge in [-0.05, 0) is 36.3 Å². The molecule has 0 spiro atoms. The smallest absolute Gasteiger partial charge is 0.0950 e. The average molecular weight is 259 g/mol. The molecule has 2 atom stereocenters. The van der Waals surface area contributed by atoms with Crippen molar-refractivity contribution in [3.05, 3.63) is 52.0 Å². The Bertz CT molecular complexity index is 509. The number of aliphatic hydroxyl groups is 1. The van der Waals surface area contributed by atoms with Gasteiger partial charge < -0.3 is 5.11 Å². The second-order valence-corrected chi connectivity index (χ2v) is 5.95. The zero-order valence-electron chi connectivity index (χ0n) is 10.2. The van der Waals surface area contributed by atoms with Crippen LogP contribution in [-0.4, -0.2) is 16.2 Å². The number of rotatable bonds is 3. The van der Waals surface area contributed by atoms with Crippen molar-refractivity contribution in [2.75, 3.05) is 0 Å². The Kier molecular flexibility index (Phi) is 3.43. The van der Waals surface area contributed by atoms with Crippen molar-refractivity contribution in [1.29, 1.82) is 0 Å². The number of thiazole rings is 1. The van der Waals surface area contributed by atoms with E-state index < -0.39 is 0 Å². The lowest BCUT2D eigenvalue weighted by Crippen LogP contribution is -2.28. The normalized spacial score (nSPS) is 20.4. The van der Waals surface area contributed by atoms with Crippen LogP contribution in [0.3, 0.4) is 0 Å². The molecule has 0 amide bonds. The number of aliphatic hydroxyl groups excluding tert-OH is 1. The number of aryl methyl sites for hydroxylation is 1. The number of aromatic nitrogens is 1. The summed E-state index contributed by atoms with van der Waals surface area (Å²) in [7, 11) is 0. The summed E-state index contributed by atoms with van der Waals surface area (Å²) in [6.45, 7) is 0. The maximum Gasteiger partial charge on any atom is 0.0950 e. The molecule has 0 aliphatic heterocycles. The fourth-order valence-corrected chi connectivity index (χ4v) is 3.42. The first-order valence-electron chi connectivity index (χ1n) is 6.46. The van der Waals surface area contributed by atoms with E-state index in [4.69, 9.17) is 0 Å². The summed E-state index contributed by atoms with van der Waals surface area (Å²) in [6, 6.07) is 8.59. The molecule has 2 nitrogen and oxygen atoms in total. The molecule has 0 fully saturated rings. The van der Waals surface area contributed by atoms with E-state index in [0.29, 0.717) is 12.3 Å². The minimum absolute atomic E-state index is 0.260. The van der Waals surface area contributed by atoms with E-state index in [-0.39, 0.29) is 6.10 Å². The molecule has 2 unspecified atom stereocenters. The van der Waals surface area contributed by atoms with E-state index >= 15 is 0 Å². The fraction of sp³-hybridized carbons (Fsp3) is 0.400. The number of hydrogen-bond acceptors (Lipinski definition) is 3. The largest absolute Gasteiger partial charge is 0.392 e. The van der Waals surface area contributed by atoms with Crippen LogP contribution >= 0.6 is 11.3 Å². The first-order chi connectivity index (χ1) is 8.83. The van der Waals surface area contributed by atoms with Crippen LogP contribution in [0.2, 0.25) is 0 Å². The van der Waals surface area contributed by atoms with E-state index in [1.165, 1.54) is 11.1 Å². The summed E-state index contributed by atoms with van der Waals surface area (Å²) in [5, 5.41) is 13.4. The quantitative estimate of drug-likeness (QED) is 0.919. The molecule has 1 aliphatic rings. The van der Waals surface area contributed by atoms with Gasteiger partial charge in [0.15, 0.2) is 0 Å². The highest BCUT2D eigenvalue weighted by atomic mass is 32.1. The number of benzene rings is 1. The third-order valence-corrected chi connectivity index (χ3v) is 4.60. The molecule has 0 radical (unpaired) electrons. The molecule has 1 N–H and O–H groups in total. The van der Waals surface area contributed by atoms with Crippen LogP contribution in [0.25, 0.3) is 0 Å². The Hall–Kier alpha value is -1.19. The lowest BCUT2D eigenvalue weighted by molar-refractivity contribution is 0.0992. The highest BCUT2D eigenvalue weighted by molar-refractivity contribution is 7.09. The van der Waals surface area contributed by atoms with E-state index in [0.717, 1.165) is 24.3 Å². The van der Waals surface area contributed by atoms with Gasteiger partial charge >= 0.3 is 0 Å². The minimum atomic E-state index is -0.260. The van der Waals surface area contributed by atoms with Crippen molar-refractivity contribution in [3.63, 3.8) is 0 Å². The monoisotopic (exact) mass is 259 g/mol. The molecule has 94 valence electrons. The van der Waals surface area contributed by atoms with Gasteiger partial charge in [-0.15, -0.1) is 11.3 Å². The molecule has 18 heavy (non-hydrogen) atoms. The maximum absolute atomic E-state index is 10.3. The summed E-state index contributed by atoms with van der Waals surface area (Å²) < 4.78 is 0. The molecule has 3 rings (SSSR count). The van der Waals surface area contributed by atoms with Crippen LogP contribution in [0.1, 0.15) is 22.6 Å². The highest BCUT2D eigenvalue weighted by Crippen LogP contribution is 2.28. The lowest BCUT2D eigenvalue weighted by Gasteiger charge is -2.28. The standard InChI is InChI=1S/C15H17NOS/c17-14(10-15-16-7-8-18-15)13-6-5-11-3-1-2-4-12(11)9-13/h1-4,7-8,13-14,17H,5-6,9-10H2. The van der Waals surface area contributed by atoms with Crippen molar-refractivity contribution in [3.8, 4) is 0 Å². The zero-order chi connectivity index (χ0) is 12.4. The second kappa shape index (κ2) is 5.21. The predicted octanol–water partition coefficient (Wildman–Crippen LogP) is 2.85. The average Bonchev–Trinajstić information content (AvgIpc) is 2.91. The molecule has 2 aromatic rings. The molecule has 3 heteroatoms. The molecule has 1 aliphatic carbocycles. The molecule has 1 heterocycles. The first kappa shape index (κ1) is 11.9. The molecule has 0 saturated heterocycles. The Labute approximate surface area is 111 Å². The summed E-state index contributed by atoms with van der Waals surface area (Å²) in [5.41, 5.74) is 2.86. The van der Waals surface area contributed by atoms with E-state index in [1.807, 2.05) is 11.6 Å². The number of fused-ring (bicyclic) bond motifs is 1. The van der Waals surface area contributed by atoms with Gasteiger partial charge in [0, 0.05) is 18.0 Å². The Morgan fingerprint density at radius 3 is 2.94 bits per heavy atom. The van der Waals surface area contributed by atoms with Gasteiger partial charge in [0.1, 0.15) is 0 Å². The van der Waals surface area contributed by atoms with Crippen LogP contribution in [0.4, 0.5) is 0 Å². The molecular formula is C15H17NOS. The van der Waals surface area contributed by atoms with Crippen molar-refractivity contribution in [2.24, 2.45) is 5.92 Å². The van der Waals surface area contributed by atoms with E-state index in [9.17, 15) is 5.11 Å². The van der Waals surface area contributed by atoms with Crippen LogP contribution < -0.4 is 0 Å². The molecule has 1 aromatic carbocycles. The van der Waals surface area contributed by atoms with Gasteiger partial charge in [0.2, 0.25) is 0 Å². The predicted molar refractivity (Wildman–Crippen MR) is 73.8 cm³/mol. The highest BCUT2D eigenvalue weighted by Gasteiger charge is 2.25. The number of nitrogens with zero attached hydrogens (tertiary/aromatic N) is 1. The van der Waals surface area contributed by atoms with Crippen LogP contribution in [0.15, 0.2) is 35.8 Å². The minimum Gasteiger partial charge on any atom is -0.392 e. The van der Waals surface area contributed by atoms with Gasteiger partial charge in [-0.3, -0.25) is 0 Å². The van der Waals surface area contributed by atoms with Gasteiger partial charge in [0.25, 0.3) is 0 Å². The zero-order valence-corrected chi connectivity index (χ0v) is 11.1. The Morgan fingerprint density at radius 1 is 1.33 bits per heavy atom. The SMILES string of the molecule is OC(Cc1nccs1)C1CCc2ccccc2C1. The maximum atomic E-state index is 10.3. The van der Waals surface area contributed by atoms with Gasteiger partial charge in [-0.1, -0.05) is 24.3 Å². The summed E-state index contributed by atoms with van der Waals surface area (Å²) >= 11 is 1.63. The van der Waals surface area contributed by atoms with E-state index in [1.54, 1.807) is 11.3 Å². The van der Waals surface area contributed by atoms with Crippen molar-refractivity contribution in [1.82, 2.24) is 4.98 Å². The van der Waals surface area contributed by atoms with Crippen molar-refractivity contribution < 1.29 is 5.11 Å². The third kappa shape index (κ3) is 2.47. The van der Waals surface area contributed by atoms with Crippen LogP contribution in [0, 0.1) is 5.92 Å². The van der Waals surface area contributed by atoms with Crippen LogP contribution in [0.5, 0.6) is 0 Å². The molecule has 0 bridgehead atoms. The van der Waals surface area contributed by atoms with E-state index in [2.05, 4.69) is 29.2 Å². The van der Waals surface area contributed by atoms with Crippen LogP contribution in [-0.2, 0) is 19.3 Å². The lowest BCUT2D eigenvalue weighted by atomic mass is 9.80. The molecule has 1 aromatic heterocycles. The van der Waals surface area contributed by atoms with Crippen molar-refractivity contribution >= 4 is 11.3 Å². The Balaban J connectivity index is 1.68. The molecule has 0 saturated carbocycles. The Morgan fingerprint density at radius 2 is 2.17 bits per heavy atom. The van der Waals surface area contributed by atoms with Gasteiger partial charge in [-0.25, -0.2) is 4.98 Å². The topological polar surface area (TPSA) is 33.1 Å². The molecular weight excluding hydrogens is 242 g/mol. The number of hydrogen-bond donors (Lipinski definition) is 1. The first-order valence-corrected chi connectivity index (χ1v) is 7.34. The summed E-state index contributed by atoms with van der Waals surface area (Å²) in [5.74, 6) is 0.379. The van der Waals surface area contributed by atoms with Gasteiger partial charge in [-0.2, -0.15) is 0 Å². The second-order valence-electron chi connectivity index (χ2n) is 4.97.